The molecule has 0 atom stereocenters. The van der Waals surface area contributed by atoms with Crippen molar-refractivity contribution in [1.29, 1.82) is 0 Å². The second-order valence-electron chi connectivity index (χ2n) is 10.0. The zero-order chi connectivity index (χ0) is 31.1. The van der Waals surface area contributed by atoms with Crippen LogP contribution in [0.15, 0.2) is 128 Å². The summed E-state index contributed by atoms with van der Waals surface area (Å²) in [7, 11) is 0. The fraction of sp³-hybridized carbons (Fsp3) is 0.0541. The van der Waals surface area contributed by atoms with E-state index in [4.69, 9.17) is 0 Å². The molecule has 0 spiro atoms. The molecular formula is C37H25Ar3NO5S. The molecule has 1 heterocycles. The van der Waals surface area contributed by atoms with Gasteiger partial charge in [-0.25, -0.2) is 0 Å². The van der Waals surface area contributed by atoms with Gasteiger partial charge in [-0.2, -0.15) is 0 Å². The van der Waals surface area contributed by atoms with Gasteiger partial charge in [0, 0.05) is 146 Å². The van der Waals surface area contributed by atoms with Crippen molar-refractivity contribution in [3.05, 3.63) is 150 Å². The Balaban J connectivity index is 0.000000405. The van der Waals surface area contributed by atoms with E-state index in [0.717, 1.165) is 10.3 Å². The van der Waals surface area contributed by atoms with E-state index in [-0.39, 0.29) is 141 Å². The van der Waals surface area contributed by atoms with Gasteiger partial charge in [0.25, 0.3) is 0 Å². The molecule has 7 aromatic rings. The molecule has 1 aliphatic carbocycles. The van der Waals surface area contributed by atoms with Crippen molar-refractivity contribution in [3.63, 3.8) is 0 Å². The Morgan fingerprint density at radius 3 is 1.49 bits per heavy atom. The van der Waals surface area contributed by atoms with Crippen LogP contribution in [0.2, 0.25) is 0 Å². The first-order valence-electron chi connectivity index (χ1n) is 14.1. The third-order valence-corrected chi connectivity index (χ3v) is 8.68. The summed E-state index contributed by atoms with van der Waals surface area (Å²) in [5.41, 5.74) is 1.29. The molecule has 0 saturated carbocycles. The average molecular weight is 716 g/mol. The van der Waals surface area contributed by atoms with Gasteiger partial charge in [0.1, 0.15) is 0 Å². The first-order valence-corrected chi connectivity index (χ1v) is 14.9. The largest absolute Gasteiger partial charge is 0.353 e. The van der Waals surface area contributed by atoms with E-state index in [1.807, 2.05) is 13.8 Å². The van der Waals surface area contributed by atoms with Crippen LogP contribution in [0.4, 0.5) is 0 Å². The molecule has 0 aliphatic heterocycles. The molecule has 0 fully saturated rings. The van der Waals surface area contributed by atoms with Gasteiger partial charge in [0.2, 0.25) is 0 Å². The Labute approximate surface area is 362 Å². The predicted molar refractivity (Wildman–Crippen MR) is 184 cm³/mol. The number of benzene rings is 6. The first kappa shape index (κ1) is 39.7. The van der Waals surface area contributed by atoms with Gasteiger partial charge in [-0.1, -0.05) is 81.1 Å². The molecule has 8 rings (SSSR count). The summed E-state index contributed by atoms with van der Waals surface area (Å²) in [4.78, 5) is 66.7. The number of hydrogen-bond donors (Lipinski definition) is 1. The number of carbonyl (C=O) groups excluding carboxylic acids is 1. The second kappa shape index (κ2) is 16.8. The van der Waals surface area contributed by atoms with Crippen molar-refractivity contribution in [2.45, 2.75) is 13.8 Å². The van der Waals surface area contributed by atoms with Crippen molar-refractivity contribution in [1.82, 2.24) is 4.98 Å². The molecule has 47 heavy (non-hydrogen) atoms. The van der Waals surface area contributed by atoms with Gasteiger partial charge in [0.15, 0.2) is 27.5 Å². The van der Waals surface area contributed by atoms with Gasteiger partial charge in [0.05, 0.1) is 31.2 Å². The fourth-order valence-electron chi connectivity index (χ4n) is 5.47. The number of hydrogen-bond acceptors (Lipinski definition) is 6. The van der Waals surface area contributed by atoms with E-state index in [0.29, 0.717) is 58.8 Å². The Hall–Kier alpha value is -1.75. The average Bonchev–Trinajstić information content (AvgIpc) is 3.07. The summed E-state index contributed by atoms with van der Waals surface area (Å²) in [5, 5.41) is 3.03. The van der Waals surface area contributed by atoms with E-state index in [2.05, 4.69) is 11.6 Å². The van der Waals surface area contributed by atoms with E-state index in [1.54, 1.807) is 84.9 Å². The van der Waals surface area contributed by atoms with Crippen LogP contribution in [0.1, 0.15) is 13.8 Å². The molecule has 1 aromatic heterocycles. The van der Waals surface area contributed by atoms with Crippen molar-refractivity contribution in [2.24, 2.45) is 0 Å². The molecule has 6 aromatic carbocycles. The Morgan fingerprint density at radius 1 is 0.532 bits per heavy atom. The fourth-order valence-corrected chi connectivity index (χ4v) is 6.62. The Morgan fingerprint density at radius 2 is 0.979 bits per heavy atom. The monoisotopic (exact) mass is 715 g/mol. The molecule has 0 saturated heterocycles. The summed E-state index contributed by atoms with van der Waals surface area (Å²) in [5.74, 6) is 0.0393. The van der Waals surface area contributed by atoms with Crippen LogP contribution in [0.25, 0.3) is 63.5 Å². The van der Waals surface area contributed by atoms with Crippen molar-refractivity contribution in [3.8, 4) is 0 Å². The number of nitrogens with one attached hydrogen (secondary N) is 1. The predicted octanol–water partition coefficient (Wildman–Crippen LogP) is 7.14. The van der Waals surface area contributed by atoms with Crippen molar-refractivity contribution < 1.29 is 118 Å². The molecule has 238 valence electrons. The van der Waals surface area contributed by atoms with Crippen LogP contribution in [0, 0.1) is 113 Å². The van der Waals surface area contributed by atoms with Gasteiger partial charge in [-0.15, -0.1) is 11.3 Å². The maximum Gasteiger partial charge on any atom is 0.196 e. The summed E-state index contributed by atoms with van der Waals surface area (Å²) in [6.45, 7) is 7.62. The molecule has 0 bridgehead atoms. The molecule has 1 aliphatic rings. The number of H-pyrrole nitrogens is 1. The molecule has 10 heteroatoms. The first-order chi connectivity index (χ1) is 21.3. The summed E-state index contributed by atoms with van der Waals surface area (Å²) >= 11 is 1.34. The number of carbonyl (C=O) groups is 1. The van der Waals surface area contributed by atoms with Crippen LogP contribution in [-0.2, 0) is 4.79 Å². The standard InChI is InChI=1S/C28H13NO4S.C7H6O.C2H6.3Ar/c30-24-13-5-1-3-7-15(13)26(32)21-17(24)10-12-20-23(21)29-19-11-9-18-22(28(19)34-20)27(33)16-8-4-2-6-14(16)25(18)31;1-6-2-4-7(8)5-3-6;1-2;;;/h1-12,29H;2-5H,1H2;1-2H3;;;. The molecular weight excluding hydrogens is 690 g/mol. The number of aromatic amines is 1. The number of allylic oxidation sites excluding steroid dienone is 5. The quantitative estimate of drug-likeness (QED) is 0.133. The van der Waals surface area contributed by atoms with Crippen molar-refractivity contribution in [2.75, 3.05) is 0 Å². The molecule has 6 nitrogen and oxygen atoms in total. The smallest absolute Gasteiger partial charge is 0.196 e. The van der Waals surface area contributed by atoms with Gasteiger partial charge >= 0.3 is 0 Å². The number of aromatic nitrogens is 1. The van der Waals surface area contributed by atoms with Crippen LogP contribution in [0.3, 0.4) is 0 Å². The maximum atomic E-state index is 13.4. The Bertz CT molecular complexity index is 2460. The van der Waals surface area contributed by atoms with E-state index in [9.17, 15) is 24.0 Å². The second-order valence-corrected chi connectivity index (χ2v) is 11.1. The van der Waals surface area contributed by atoms with Crippen LogP contribution in [-0.4, -0.2) is 10.8 Å². The molecule has 0 radical (unpaired) electrons. The van der Waals surface area contributed by atoms with Crippen molar-refractivity contribution >= 4 is 80.6 Å². The maximum absolute atomic E-state index is 13.4. The minimum atomic E-state index is -0.211. The molecule has 0 unspecified atom stereocenters. The Kier molecular flexibility index (Phi) is 14.2. The number of fused-ring (bicyclic) bond motifs is 8. The van der Waals surface area contributed by atoms with E-state index in [1.165, 1.54) is 23.5 Å². The van der Waals surface area contributed by atoms with E-state index < -0.39 is 0 Å². The molecule has 0 amide bonds. The van der Waals surface area contributed by atoms with Crippen LogP contribution in [0.5, 0.6) is 0 Å². The van der Waals surface area contributed by atoms with Gasteiger partial charge < -0.3 is 4.98 Å². The third kappa shape index (κ3) is 7.27. The van der Waals surface area contributed by atoms with Crippen LogP contribution >= 0.6 is 11.3 Å². The zero-order valence-electron chi connectivity index (χ0n) is 25.0. The minimum Gasteiger partial charge on any atom is -0.353 e. The van der Waals surface area contributed by atoms with Gasteiger partial charge in [-0.3, -0.25) is 24.0 Å². The normalized spacial score (nSPS) is 11.8. The van der Waals surface area contributed by atoms with E-state index >= 15 is 0 Å². The van der Waals surface area contributed by atoms with Gasteiger partial charge in [-0.05, 0) is 42.0 Å². The third-order valence-electron chi connectivity index (χ3n) is 7.50. The summed E-state index contributed by atoms with van der Waals surface area (Å²) in [6.07, 6.45) is 6.40. The summed E-state index contributed by atoms with van der Waals surface area (Å²) < 4.78 is 1.37. The van der Waals surface area contributed by atoms with Crippen LogP contribution < -0.4 is 21.7 Å². The number of rotatable bonds is 0. The number of ketones is 1. The topological polar surface area (TPSA) is 101 Å². The minimum absolute atomic E-state index is 0. The zero-order valence-corrected chi connectivity index (χ0v) is 27.9. The summed E-state index contributed by atoms with van der Waals surface area (Å²) in [6, 6.07) is 20.5. The SMILES string of the molecule is C=C1C=CC(=O)C=C1.CC.O=c1c2ccccc2c(=O)c2c1ccc1sc3c(ccc4c(=O)c5ccccc5c(=O)c43)[nH]c12.[Ar].[Ar].[Ar]. The molecule has 1 N–H and O–H groups in total.